The molecule has 0 spiro atoms. The topological polar surface area (TPSA) is 18.5 Å². The summed E-state index contributed by atoms with van der Waals surface area (Å²) in [6.07, 6.45) is 1.01. The average molecular weight is 231 g/mol. The van der Waals surface area contributed by atoms with Gasteiger partial charge in [0.2, 0.25) is 0 Å². The molecule has 0 radical (unpaired) electrons. The summed E-state index contributed by atoms with van der Waals surface area (Å²) >= 11 is -1.98. The van der Waals surface area contributed by atoms with Crippen LogP contribution in [0.1, 0.15) is 6.42 Å². The molecule has 1 saturated heterocycles. The molecule has 0 aliphatic carbocycles. The summed E-state index contributed by atoms with van der Waals surface area (Å²) in [6.45, 7) is 1.62. The zero-order chi connectivity index (χ0) is 5.11. The minimum absolute atomic E-state index is 0.812. The zero-order valence-corrected chi connectivity index (χ0v) is 7.07. The first-order valence-corrected chi connectivity index (χ1v) is 7.43. The summed E-state index contributed by atoms with van der Waals surface area (Å²) < 4.78 is 10.0. The number of halogens is 1. The molecule has 1 aliphatic heterocycles. The summed E-state index contributed by atoms with van der Waals surface area (Å²) in [5.74, 6) is 0. The normalized spacial score (nSPS) is 25.3. The molecule has 0 amide bonds. The van der Waals surface area contributed by atoms with Crippen LogP contribution in [0.5, 0.6) is 0 Å². The molecular formula is C3H6ClO2Sb. The molecular weight excluding hydrogens is 225 g/mol. The van der Waals surface area contributed by atoms with Crippen LogP contribution in [0.15, 0.2) is 0 Å². The molecule has 0 aromatic heterocycles. The summed E-state index contributed by atoms with van der Waals surface area (Å²) in [5, 5.41) is 0. The van der Waals surface area contributed by atoms with Gasteiger partial charge in [0.15, 0.2) is 0 Å². The summed E-state index contributed by atoms with van der Waals surface area (Å²) in [5.41, 5.74) is 0. The van der Waals surface area contributed by atoms with Crippen molar-refractivity contribution < 1.29 is 6.03 Å². The Balaban J connectivity index is 2.12. The monoisotopic (exact) mass is 230 g/mol. The van der Waals surface area contributed by atoms with Gasteiger partial charge in [0, 0.05) is 0 Å². The van der Waals surface area contributed by atoms with Gasteiger partial charge in [-0.3, -0.25) is 0 Å². The molecule has 4 heteroatoms. The van der Waals surface area contributed by atoms with Gasteiger partial charge in [-0.25, -0.2) is 0 Å². The Kier molecular flexibility index (Phi) is 2.75. The molecule has 0 bridgehead atoms. The van der Waals surface area contributed by atoms with Gasteiger partial charge in [0.05, 0.1) is 0 Å². The SMILES string of the molecule is [Cl][Sb]1[O]CCC[O]1. The van der Waals surface area contributed by atoms with Crippen LogP contribution >= 0.6 is 8.83 Å². The number of hydrogen-bond donors (Lipinski definition) is 0. The molecule has 42 valence electrons. The Morgan fingerprint density at radius 2 is 1.86 bits per heavy atom. The molecule has 0 aromatic rings. The molecule has 1 rings (SSSR count). The van der Waals surface area contributed by atoms with Crippen molar-refractivity contribution in [1.82, 2.24) is 0 Å². The third-order valence-corrected chi connectivity index (χ3v) is 4.18. The molecule has 1 aliphatic rings. The van der Waals surface area contributed by atoms with E-state index in [0.29, 0.717) is 0 Å². The fourth-order valence-corrected chi connectivity index (χ4v) is 3.06. The molecule has 2 nitrogen and oxygen atoms in total. The van der Waals surface area contributed by atoms with Crippen molar-refractivity contribution in [3.05, 3.63) is 0 Å². The van der Waals surface area contributed by atoms with E-state index in [1.165, 1.54) is 0 Å². The zero-order valence-electron chi connectivity index (χ0n) is 3.76. The van der Waals surface area contributed by atoms with Gasteiger partial charge in [-0.05, 0) is 0 Å². The van der Waals surface area contributed by atoms with Crippen molar-refractivity contribution in [2.45, 2.75) is 6.42 Å². The number of rotatable bonds is 0. The molecule has 1 heterocycles. The van der Waals surface area contributed by atoms with Crippen molar-refractivity contribution in [3.8, 4) is 0 Å². The van der Waals surface area contributed by atoms with Gasteiger partial charge >= 0.3 is 54.4 Å². The molecule has 0 saturated carbocycles. The molecule has 0 aromatic carbocycles. The maximum absolute atomic E-state index is 5.56. The van der Waals surface area contributed by atoms with Gasteiger partial charge in [-0.1, -0.05) is 0 Å². The van der Waals surface area contributed by atoms with Crippen LogP contribution in [0.25, 0.3) is 0 Å². The van der Waals surface area contributed by atoms with Gasteiger partial charge in [0.25, 0.3) is 0 Å². The Hall–Kier alpha value is 1.03. The average Bonchev–Trinajstić information content (AvgIpc) is 1.69. The predicted octanol–water partition coefficient (Wildman–Crippen LogP) is 0.647. The Bertz CT molecular complexity index is 54.9. The van der Waals surface area contributed by atoms with E-state index in [-0.39, 0.29) is 0 Å². The standard InChI is InChI=1S/C3H6O2.ClH.Sb/c4-2-1-3-5;;/h1-3H2;1H;/q-2;;+3/p-1. The van der Waals surface area contributed by atoms with Gasteiger partial charge in [0.1, 0.15) is 0 Å². The first kappa shape index (κ1) is 6.15. The third kappa shape index (κ3) is 2.18. The Labute approximate surface area is 54.5 Å². The van der Waals surface area contributed by atoms with E-state index >= 15 is 0 Å². The van der Waals surface area contributed by atoms with E-state index in [0.717, 1.165) is 19.6 Å². The van der Waals surface area contributed by atoms with Crippen molar-refractivity contribution in [1.29, 1.82) is 0 Å². The van der Waals surface area contributed by atoms with Crippen LogP contribution in [0.3, 0.4) is 0 Å². The van der Waals surface area contributed by atoms with Crippen molar-refractivity contribution >= 4 is 28.7 Å². The molecule has 0 unspecified atom stereocenters. The quantitative estimate of drug-likeness (QED) is 0.570. The van der Waals surface area contributed by atoms with E-state index < -0.39 is 19.9 Å². The van der Waals surface area contributed by atoms with Gasteiger partial charge in [-0.2, -0.15) is 0 Å². The Morgan fingerprint density at radius 3 is 2.14 bits per heavy atom. The minimum atomic E-state index is -1.98. The second-order valence-electron chi connectivity index (χ2n) is 1.23. The molecule has 0 atom stereocenters. The van der Waals surface area contributed by atoms with Gasteiger partial charge < -0.3 is 0 Å². The second kappa shape index (κ2) is 3.13. The van der Waals surface area contributed by atoms with Gasteiger partial charge in [-0.15, -0.1) is 0 Å². The van der Waals surface area contributed by atoms with E-state index in [2.05, 4.69) is 0 Å². The maximum atomic E-state index is 5.56. The summed E-state index contributed by atoms with van der Waals surface area (Å²) in [7, 11) is 5.56. The molecule has 1 fully saturated rings. The van der Waals surface area contributed by atoms with Crippen LogP contribution in [0.2, 0.25) is 0 Å². The van der Waals surface area contributed by atoms with Crippen molar-refractivity contribution in [3.63, 3.8) is 0 Å². The first-order chi connectivity index (χ1) is 3.39. The van der Waals surface area contributed by atoms with E-state index in [4.69, 9.17) is 14.9 Å². The molecule has 0 N–H and O–H groups in total. The van der Waals surface area contributed by atoms with Crippen molar-refractivity contribution in [2.75, 3.05) is 13.2 Å². The van der Waals surface area contributed by atoms with Crippen LogP contribution in [0, 0.1) is 0 Å². The van der Waals surface area contributed by atoms with Crippen LogP contribution in [0.4, 0.5) is 0 Å². The van der Waals surface area contributed by atoms with Crippen molar-refractivity contribution in [2.24, 2.45) is 0 Å². The summed E-state index contributed by atoms with van der Waals surface area (Å²) in [4.78, 5) is 0. The fourth-order valence-electron chi connectivity index (χ4n) is 0.369. The predicted molar refractivity (Wildman–Crippen MR) is 28.1 cm³/mol. The van der Waals surface area contributed by atoms with Crippen LogP contribution in [-0.2, 0) is 6.03 Å². The van der Waals surface area contributed by atoms with E-state index in [1.807, 2.05) is 0 Å². The molecule has 7 heavy (non-hydrogen) atoms. The van der Waals surface area contributed by atoms with E-state index in [9.17, 15) is 0 Å². The summed E-state index contributed by atoms with van der Waals surface area (Å²) in [6, 6.07) is 0. The van der Waals surface area contributed by atoms with Crippen LogP contribution in [-0.4, -0.2) is 33.1 Å². The third-order valence-electron chi connectivity index (χ3n) is 0.674. The fraction of sp³-hybridized carbons (Fsp3) is 1.00. The number of hydrogen-bond acceptors (Lipinski definition) is 2. The first-order valence-electron chi connectivity index (χ1n) is 2.11. The second-order valence-corrected chi connectivity index (χ2v) is 5.77. The Morgan fingerprint density at radius 1 is 1.29 bits per heavy atom. The van der Waals surface area contributed by atoms with Crippen LogP contribution < -0.4 is 0 Å². The van der Waals surface area contributed by atoms with E-state index in [1.54, 1.807) is 0 Å².